The van der Waals surface area contributed by atoms with Crippen LogP contribution in [0.1, 0.15) is 81.6 Å². The Morgan fingerprint density at radius 1 is 0.765 bits per heavy atom. The fourth-order valence-corrected chi connectivity index (χ4v) is 4.05. The molecule has 34 heavy (non-hydrogen) atoms. The van der Waals surface area contributed by atoms with Crippen LogP contribution in [0.2, 0.25) is 18.1 Å². The van der Waals surface area contributed by atoms with Crippen molar-refractivity contribution in [2.24, 2.45) is 0 Å². The molecule has 0 spiro atoms. The lowest BCUT2D eigenvalue weighted by atomic mass is 10.2. The van der Waals surface area contributed by atoms with E-state index in [9.17, 15) is 14.4 Å². The topological polar surface area (TPSA) is 88.1 Å². The van der Waals surface area contributed by atoms with Crippen molar-refractivity contribution in [3.8, 4) is 0 Å². The standard InChI is InChI=1S/C26H46O7Si/c1-19(15-13-17-23(28)32-25(4,5)6)30-22(27)16-12-14-20(2)31-24(29)18-21(3)33-34(10,11)26(7,8)9/h12-13,16-17,19-21H,14-15,18H2,1-11H3/t19-,20-,21-/m0/s1. The molecule has 0 aromatic rings. The molecule has 7 nitrogen and oxygen atoms in total. The van der Waals surface area contributed by atoms with Gasteiger partial charge in [-0.3, -0.25) is 4.79 Å². The van der Waals surface area contributed by atoms with Gasteiger partial charge in [-0.05, 0) is 59.7 Å². The van der Waals surface area contributed by atoms with Gasteiger partial charge in [0.05, 0.1) is 12.5 Å². The predicted octanol–water partition coefficient (Wildman–Crippen LogP) is 5.88. The molecule has 0 aromatic carbocycles. The van der Waals surface area contributed by atoms with E-state index >= 15 is 0 Å². The van der Waals surface area contributed by atoms with E-state index in [0.717, 1.165) is 0 Å². The molecule has 0 aliphatic carbocycles. The Bertz CT molecular complexity index is 726. The fourth-order valence-electron chi connectivity index (χ4n) is 2.61. The molecular weight excluding hydrogens is 452 g/mol. The third-order valence-electron chi connectivity index (χ3n) is 5.26. The second-order valence-corrected chi connectivity index (χ2v) is 16.0. The van der Waals surface area contributed by atoms with Crippen molar-refractivity contribution in [3.05, 3.63) is 24.3 Å². The number of carbonyl (C=O) groups excluding carboxylic acids is 3. The van der Waals surface area contributed by atoms with Crippen LogP contribution in [0.4, 0.5) is 0 Å². The maximum Gasteiger partial charge on any atom is 0.330 e. The molecule has 8 heteroatoms. The van der Waals surface area contributed by atoms with E-state index in [2.05, 4.69) is 33.9 Å². The number of rotatable bonds is 12. The van der Waals surface area contributed by atoms with E-state index in [1.807, 2.05) is 6.92 Å². The summed E-state index contributed by atoms with van der Waals surface area (Å²) in [6.07, 6.45) is 5.90. The van der Waals surface area contributed by atoms with E-state index in [4.69, 9.17) is 18.6 Å². The minimum Gasteiger partial charge on any atom is -0.462 e. The first-order valence-corrected chi connectivity index (χ1v) is 14.9. The van der Waals surface area contributed by atoms with Crippen LogP contribution in [-0.4, -0.2) is 50.1 Å². The van der Waals surface area contributed by atoms with E-state index < -0.39 is 32.0 Å². The van der Waals surface area contributed by atoms with Crippen molar-refractivity contribution >= 4 is 26.2 Å². The van der Waals surface area contributed by atoms with Crippen molar-refractivity contribution in [1.29, 1.82) is 0 Å². The van der Waals surface area contributed by atoms with Crippen LogP contribution >= 0.6 is 0 Å². The Labute approximate surface area is 207 Å². The maximum atomic E-state index is 12.2. The van der Waals surface area contributed by atoms with Gasteiger partial charge >= 0.3 is 17.9 Å². The maximum absolute atomic E-state index is 12.2. The summed E-state index contributed by atoms with van der Waals surface area (Å²) in [4.78, 5) is 35.8. The lowest BCUT2D eigenvalue weighted by Crippen LogP contribution is -2.43. The van der Waals surface area contributed by atoms with Crippen LogP contribution in [0.3, 0.4) is 0 Å². The first kappa shape index (κ1) is 32.1. The zero-order valence-corrected chi connectivity index (χ0v) is 24.0. The smallest absolute Gasteiger partial charge is 0.330 e. The van der Waals surface area contributed by atoms with Crippen LogP contribution in [0, 0.1) is 0 Å². The average molecular weight is 499 g/mol. The minimum absolute atomic E-state index is 0.0732. The van der Waals surface area contributed by atoms with Crippen molar-refractivity contribution in [2.45, 2.75) is 124 Å². The number of esters is 3. The number of hydrogen-bond donors (Lipinski definition) is 0. The van der Waals surface area contributed by atoms with Gasteiger partial charge in [-0.1, -0.05) is 32.9 Å². The number of hydrogen-bond acceptors (Lipinski definition) is 7. The van der Waals surface area contributed by atoms with Gasteiger partial charge < -0.3 is 18.6 Å². The van der Waals surface area contributed by atoms with Crippen LogP contribution in [-0.2, 0) is 33.0 Å². The Morgan fingerprint density at radius 2 is 1.24 bits per heavy atom. The molecule has 0 aromatic heterocycles. The monoisotopic (exact) mass is 498 g/mol. The summed E-state index contributed by atoms with van der Waals surface area (Å²) in [7, 11) is -1.94. The van der Waals surface area contributed by atoms with Gasteiger partial charge in [-0.15, -0.1) is 0 Å². The molecule has 0 radical (unpaired) electrons. The van der Waals surface area contributed by atoms with Crippen LogP contribution in [0.5, 0.6) is 0 Å². The van der Waals surface area contributed by atoms with Crippen molar-refractivity contribution in [3.63, 3.8) is 0 Å². The lowest BCUT2D eigenvalue weighted by Gasteiger charge is -2.38. The predicted molar refractivity (Wildman–Crippen MR) is 137 cm³/mol. The molecule has 0 N–H and O–H groups in total. The highest BCUT2D eigenvalue weighted by Gasteiger charge is 2.38. The van der Waals surface area contributed by atoms with Crippen molar-refractivity contribution in [1.82, 2.24) is 0 Å². The summed E-state index contributed by atoms with van der Waals surface area (Å²) in [5.74, 6) is -1.25. The molecule has 0 saturated heterocycles. The van der Waals surface area contributed by atoms with Gasteiger partial charge in [0.1, 0.15) is 17.8 Å². The first-order chi connectivity index (χ1) is 15.3. The molecule has 0 heterocycles. The summed E-state index contributed by atoms with van der Waals surface area (Å²) in [5.41, 5.74) is -0.549. The molecule has 0 fully saturated rings. The van der Waals surface area contributed by atoms with Crippen LogP contribution in [0.15, 0.2) is 24.3 Å². The fraction of sp³-hybridized carbons (Fsp3) is 0.731. The quantitative estimate of drug-likeness (QED) is 0.144. The Balaban J connectivity index is 4.34. The number of ether oxygens (including phenoxy) is 3. The van der Waals surface area contributed by atoms with Crippen LogP contribution in [0.25, 0.3) is 0 Å². The average Bonchev–Trinajstić information content (AvgIpc) is 2.57. The van der Waals surface area contributed by atoms with Crippen molar-refractivity contribution < 1.29 is 33.0 Å². The molecule has 3 atom stereocenters. The Kier molecular flexibility index (Phi) is 13.0. The van der Waals surface area contributed by atoms with E-state index in [0.29, 0.717) is 12.8 Å². The summed E-state index contributed by atoms with van der Waals surface area (Å²) in [5, 5.41) is 0.0732. The zero-order chi connectivity index (χ0) is 26.7. The number of carbonyl (C=O) groups is 3. The molecule has 0 bridgehead atoms. The third-order valence-corrected chi connectivity index (χ3v) is 9.86. The van der Waals surface area contributed by atoms with E-state index in [1.165, 1.54) is 12.2 Å². The molecule has 196 valence electrons. The highest BCUT2D eigenvalue weighted by Crippen LogP contribution is 2.37. The Morgan fingerprint density at radius 3 is 1.71 bits per heavy atom. The largest absolute Gasteiger partial charge is 0.462 e. The first-order valence-electron chi connectivity index (χ1n) is 12.0. The van der Waals surface area contributed by atoms with E-state index in [1.54, 1.807) is 46.8 Å². The van der Waals surface area contributed by atoms with E-state index in [-0.39, 0.29) is 29.6 Å². The van der Waals surface area contributed by atoms with Crippen LogP contribution < -0.4 is 0 Å². The van der Waals surface area contributed by atoms with Crippen molar-refractivity contribution in [2.75, 3.05) is 0 Å². The molecule has 0 amide bonds. The molecule has 0 aliphatic heterocycles. The zero-order valence-electron chi connectivity index (χ0n) is 23.0. The summed E-state index contributed by atoms with van der Waals surface area (Å²) >= 11 is 0. The van der Waals surface area contributed by atoms with Gasteiger partial charge in [0.15, 0.2) is 8.32 Å². The molecular formula is C26H46O7Si. The molecule has 0 aliphatic rings. The van der Waals surface area contributed by atoms with Gasteiger partial charge in [0.25, 0.3) is 0 Å². The third kappa shape index (κ3) is 15.1. The summed E-state index contributed by atoms with van der Waals surface area (Å²) in [6.45, 7) is 21.6. The summed E-state index contributed by atoms with van der Waals surface area (Å²) in [6, 6.07) is 0. The molecule has 0 rings (SSSR count). The second-order valence-electron chi connectivity index (χ2n) is 11.3. The normalized spacial score (nSPS) is 15.7. The Hall–Kier alpha value is -1.93. The molecule has 0 unspecified atom stereocenters. The highest BCUT2D eigenvalue weighted by molar-refractivity contribution is 6.74. The van der Waals surface area contributed by atoms with Gasteiger partial charge in [0, 0.05) is 25.0 Å². The highest BCUT2D eigenvalue weighted by atomic mass is 28.4. The van der Waals surface area contributed by atoms with Gasteiger partial charge in [0.2, 0.25) is 0 Å². The second kappa shape index (κ2) is 13.8. The van der Waals surface area contributed by atoms with Gasteiger partial charge in [-0.2, -0.15) is 0 Å². The molecule has 0 saturated carbocycles. The SMILES string of the molecule is C[C@@H](CC=CC(=O)OC(C)(C)C)OC(=O)C=CC[C@H](C)OC(=O)C[C@H](C)O[Si](C)(C)C(C)(C)C. The lowest BCUT2D eigenvalue weighted by molar-refractivity contribution is -0.150. The summed E-state index contributed by atoms with van der Waals surface area (Å²) < 4.78 is 22.1. The van der Waals surface area contributed by atoms with Gasteiger partial charge in [-0.25, -0.2) is 9.59 Å². The minimum atomic E-state index is -1.94.